The Kier molecular flexibility index (Phi) is 4.61. The molecule has 130 valence electrons. The maximum absolute atomic E-state index is 12.1. The second-order valence-electron chi connectivity index (χ2n) is 5.79. The number of rotatable bonds is 4. The van der Waals surface area contributed by atoms with E-state index in [-0.39, 0.29) is 17.7 Å². The fourth-order valence-electron chi connectivity index (χ4n) is 2.96. The van der Waals surface area contributed by atoms with Crippen molar-refractivity contribution < 1.29 is 19.4 Å². The Morgan fingerprint density at radius 1 is 1.16 bits per heavy atom. The molecule has 6 heteroatoms. The standard InChI is InChI=1S/C19H20N2O4/c1-12(22)21-18(13-8-14(24-2)10-15(9-13)25-3)11-17(20-21)16-6-4-5-7-19(16)23/h4-10,18,23H,11H2,1-3H3/t18-/m1/s1. The van der Waals surface area contributed by atoms with E-state index in [2.05, 4.69) is 5.10 Å². The minimum atomic E-state index is -0.281. The number of phenols is 1. The number of hydrazone groups is 1. The van der Waals surface area contributed by atoms with Gasteiger partial charge in [0.25, 0.3) is 0 Å². The van der Waals surface area contributed by atoms with E-state index < -0.39 is 0 Å². The summed E-state index contributed by atoms with van der Waals surface area (Å²) in [5.74, 6) is 1.27. The van der Waals surface area contributed by atoms with E-state index in [4.69, 9.17) is 9.47 Å². The average Bonchev–Trinajstić information content (AvgIpc) is 3.07. The number of hydrogen-bond acceptors (Lipinski definition) is 5. The van der Waals surface area contributed by atoms with Crippen molar-refractivity contribution in [2.75, 3.05) is 14.2 Å². The van der Waals surface area contributed by atoms with Crippen LogP contribution in [-0.4, -0.2) is 36.0 Å². The molecular weight excluding hydrogens is 320 g/mol. The van der Waals surface area contributed by atoms with Gasteiger partial charge in [0.2, 0.25) is 5.91 Å². The molecule has 6 nitrogen and oxygen atoms in total. The number of benzene rings is 2. The first-order valence-electron chi connectivity index (χ1n) is 7.92. The molecular formula is C19H20N2O4. The highest BCUT2D eigenvalue weighted by Crippen LogP contribution is 2.37. The monoisotopic (exact) mass is 340 g/mol. The number of para-hydroxylation sites is 1. The number of carbonyl (C=O) groups is 1. The molecule has 2 aromatic carbocycles. The van der Waals surface area contributed by atoms with Gasteiger partial charge in [-0.2, -0.15) is 5.10 Å². The SMILES string of the molecule is COc1cc(OC)cc([C@H]2CC(c3ccccc3O)=NN2C(C)=O)c1. The van der Waals surface area contributed by atoms with E-state index in [0.717, 1.165) is 5.56 Å². The minimum absolute atomic E-state index is 0.147. The van der Waals surface area contributed by atoms with E-state index >= 15 is 0 Å². The summed E-state index contributed by atoms with van der Waals surface area (Å²) in [7, 11) is 3.17. The zero-order chi connectivity index (χ0) is 18.0. The Bertz CT molecular complexity index is 810. The van der Waals surface area contributed by atoms with Crippen molar-refractivity contribution in [3.8, 4) is 17.2 Å². The first-order valence-corrected chi connectivity index (χ1v) is 7.92. The molecule has 1 amide bonds. The Labute approximate surface area is 146 Å². The van der Waals surface area contributed by atoms with Crippen molar-refractivity contribution in [1.82, 2.24) is 5.01 Å². The number of nitrogens with zero attached hydrogens (tertiary/aromatic N) is 2. The topological polar surface area (TPSA) is 71.4 Å². The third kappa shape index (κ3) is 3.28. The van der Waals surface area contributed by atoms with Gasteiger partial charge < -0.3 is 14.6 Å². The lowest BCUT2D eigenvalue weighted by molar-refractivity contribution is -0.130. The second-order valence-corrected chi connectivity index (χ2v) is 5.79. The molecule has 0 saturated carbocycles. The fourth-order valence-corrected chi connectivity index (χ4v) is 2.96. The van der Waals surface area contributed by atoms with Crippen molar-refractivity contribution in [1.29, 1.82) is 0 Å². The lowest BCUT2D eigenvalue weighted by Gasteiger charge is -2.21. The van der Waals surface area contributed by atoms with Crippen LogP contribution in [0.1, 0.15) is 30.5 Å². The van der Waals surface area contributed by atoms with Crippen molar-refractivity contribution in [3.05, 3.63) is 53.6 Å². The normalized spacial score (nSPS) is 16.5. The predicted molar refractivity (Wildman–Crippen MR) is 94.1 cm³/mol. The van der Waals surface area contributed by atoms with Gasteiger partial charge in [0, 0.05) is 25.0 Å². The van der Waals surface area contributed by atoms with E-state index in [1.807, 2.05) is 18.2 Å². The number of aromatic hydroxyl groups is 1. The second kappa shape index (κ2) is 6.84. The van der Waals surface area contributed by atoms with Gasteiger partial charge in [0.1, 0.15) is 17.2 Å². The minimum Gasteiger partial charge on any atom is -0.507 e. The molecule has 25 heavy (non-hydrogen) atoms. The number of hydrogen-bond donors (Lipinski definition) is 1. The summed E-state index contributed by atoms with van der Waals surface area (Å²) in [5.41, 5.74) is 2.16. The van der Waals surface area contributed by atoms with Crippen LogP contribution >= 0.6 is 0 Å². The summed E-state index contributed by atoms with van der Waals surface area (Å²) in [6, 6.07) is 12.2. The van der Waals surface area contributed by atoms with E-state index in [0.29, 0.717) is 29.2 Å². The molecule has 0 aliphatic carbocycles. The van der Waals surface area contributed by atoms with Crippen LogP contribution in [0.3, 0.4) is 0 Å². The van der Waals surface area contributed by atoms with Crippen LogP contribution in [0, 0.1) is 0 Å². The molecule has 1 N–H and O–H groups in total. The Hall–Kier alpha value is -3.02. The molecule has 0 saturated heterocycles. The van der Waals surface area contributed by atoms with Gasteiger partial charge >= 0.3 is 0 Å². The molecule has 1 atom stereocenters. The highest BCUT2D eigenvalue weighted by atomic mass is 16.5. The number of ether oxygens (including phenoxy) is 2. The number of carbonyl (C=O) groups excluding carboxylic acids is 1. The van der Waals surface area contributed by atoms with Crippen molar-refractivity contribution in [2.45, 2.75) is 19.4 Å². The summed E-state index contributed by atoms with van der Waals surface area (Å²) in [6.07, 6.45) is 0.494. The van der Waals surface area contributed by atoms with Crippen LogP contribution in [0.15, 0.2) is 47.6 Å². The lowest BCUT2D eigenvalue weighted by Crippen LogP contribution is -2.24. The van der Waals surface area contributed by atoms with Crippen LogP contribution in [0.4, 0.5) is 0 Å². The van der Waals surface area contributed by atoms with Crippen LogP contribution < -0.4 is 9.47 Å². The van der Waals surface area contributed by atoms with Gasteiger partial charge in [0.05, 0.1) is 26.0 Å². The highest BCUT2D eigenvalue weighted by Gasteiger charge is 2.32. The summed E-state index contributed by atoms with van der Waals surface area (Å²) >= 11 is 0. The molecule has 0 bridgehead atoms. The predicted octanol–water partition coefficient (Wildman–Crippen LogP) is 3.11. The number of amides is 1. The summed E-state index contributed by atoms with van der Waals surface area (Å²) < 4.78 is 10.6. The van der Waals surface area contributed by atoms with Crippen LogP contribution in [0.5, 0.6) is 17.2 Å². The molecule has 3 rings (SSSR count). The fraction of sp³-hybridized carbons (Fsp3) is 0.263. The van der Waals surface area contributed by atoms with Gasteiger partial charge in [-0.1, -0.05) is 12.1 Å². The van der Waals surface area contributed by atoms with Gasteiger partial charge in [-0.05, 0) is 29.8 Å². The molecule has 1 heterocycles. The van der Waals surface area contributed by atoms with Gasteiger partial charge in [-0.25, -0.2) is 5.01 Å². The summed E-state index contributed by atoms with van der Waals surface area (Å²) in [5, 5.41) is 16.0. The third-order valence-electron chi connectivity index (χ3n) is 4.21. The molecule has 2 aromatic rings. The molecule has 1 aliphatic rings. The largest absolute Gasteiger partial charge is 0.507 e. The number of methoxy groups -OCH3 is 2. The quantitative estimate of drug-likeness (QED) is 0.928. The number of phenolic OH excluding ortho intramolecular Hbond substituents is 1. The van der Waals surface area contributed by atoms with Gasteiger partial charge in [0.15, 0.2) is 0 Å². The lowest BCUT2D eigenvalue weighted by atomic mass is 9.97. The van der Waals surface area contributed by atoms with E-state index in [9.17, 15) is 9.90 Å². The Balaban J connectivity index is 2.01. The first kappa shape index (κ1) is 16.8. The smallest absolute Gasteiger partial charge is 0.240 e. The van der Waals surface area contributed by atoms with Crippen molar-refractivity contribution >= 4 is 11.6 Å². The molecule has 0 fully saturated rings. The molecule has 0 radical (unpaired) electrons. The first-order chi connectivity index (χ1) is 12.0. The molecule has 0 aromatic heterocycles. The van der Waals surface area contributed by atoms with E-state index in [1.54, 1.807) is 38.5 Å². The van der Waals surface area contributed by atoms with Crippen LogP contribution in [0.25, 0.3) is 0 Å². The Morgan fingerprint density at radius 3 is 2.36 bits per heavy atom. The summed E-state index contributed by atoms with van der Waals surface area (Å²) in [4.78, 5) is 12.1. The van der Waals surface area contributed by atoms with Crippen LogP contribution in [0.2, 0.25) is 0 Å². The Morgan fingerprint density at radius 2 is 1.80 bits per heavy atom. The zero-order valence-electron chi connectivity index (χ0n) is 14.4. The highest BCUT2D eigenvalue weighted by molar-refractivity contribution is 6.05. The molecule has 0 spiro atoms. The van der Waals surface area contributed by atoms with Gasteiger partial charge in [-0.15, -0.1) is 0 Å². The van der Waals surface area contributed by atoms with Crippen molar-refractivity contribution in [2.24, 2.45) is 5.10 Å². The maximum atomic E-state index is 12.1. The average molecular weight is 340 g/mol. The third-order valence-corrected chi connectivity index (χ3v) is 4.21. The molecule has 0 unspecified atom stereocenters. The zero-order valence-corrected chi connectivity index (χ0v) is 14.4. The van der Waals surface area contributed by atoms with E-state index in [1.165, 1.54) is 11.9 Å². The van der Waals surface area contributed by atoms with Gasteiger partial charge in [-0.3, -0.25) is 4.79 Å². The van der Waals surface area contributed by atoms with Crippen LogP contribution in [-0.2, 0) is 4.79 Å². The maximum Gasteiger partial charge on any atom is 0.240 e. The summed E-state index contributed by atoms with van der Waals surface area (Å²) in [6.45, 7) is 1.47. The molecule has 1 aliphatic heterocycles. The van der Waals surface area contributed by atoms with Crippen molar-refractivity contribution in [3.63, 3.8) is 0 Å².